The molecule has 0 radical (unpaired) electrons. The number of aryl methyl sites for hydroxylation is 1. The van der Waals surface area contributed by atoms with Crippen molar-refractivity contribution in [1.29, 1.82) is 0 Å². The molecule has 0 saturated carbocycles. The Morgan fingerprint density at radius 3 is 2.24 bits per heavy atom. The van der Waals surface area contributed by atoms with Gasteiger partial charge in [0.05, 0.1) is 16.8 Å². The van der Waals surface area contributed by atoms with E-state index in [1.54, 1.807) is 24.3 Å². The van der Waals surface area contributed by atoms with Gasteiger partial charge in [0, 0.05) is 19.5 Å². The van der Waals surface area contributed by atoms with E-state index >= 15 is 0 Å². The van der Waals surface area contributed by atoms with Crippen LogP contribution in [0.15, 0.2) is 70.5 Å². The molecule has 0 aliphatic carbocycles. The number of hydrogen-bond acceptors (Lipinski definition) is 8. The number of aliphatic hydroxyl groups is 1. The number of hydroxylamine groups is 1. The third-order valence-corrected chi connectivity index (χ3v) is 7.10. The lowest BCUT2D eigenvalue weighted by atomic mass is 9.96. The van der Waals surface area contributed by atoms with Gasteiger partial charge in [-0.3, -0.25) is 19.1 Å². The highest BCUT2D eigenvalue weighted by atomic mass is 32.2. The third-order valence-electron chi connectivity index (χ3n) is 5.25. The summed E-state index contributed by atoms with van der Waals surface area (Å²) < 4.78 is 33.6. The molecule has 0 aliphatic heterocycles. The number of carbonyl (C=O) groups excluding carboxylic acids is 1. The Kier molecular flexibility index (Phi) is 7.15. The summed E-state index contributed by atoms with van der Waals surface area (Å²) in [6.07, 6.45) is 0.547. The second-order valence-corrected chi connectivity index (χ2v) is 9.91. The first kappa shape index (κ1) is 25.0. The minimum atomic E-state index is -4.24. The molecule has 1 amide bonds. The molecular formula is C22H25N3O8S. The Balaban J connectivity index is 1.84. The fraction of sp³-hybridized carbons (Fsp3) is 0.273. The maximum absolute atomic E-state index is 13.0. The minimum Gasteiger partial charge on any atom is -0.493 e. The van der Waals surface area contributed by atoms with Crippen LogP contribution in [0.25, 0.3) is 0 Å². The SMILES string of the molecule is CC(CC(O)(CS(=O)(=O)c1ccc(Oc2ccccc2)cc1)C(=O)NO)n1c(O)cn(C)c1=O. The Bertz CT molecular complexity index is 1320. The Hall–Kier alpha value is -3.61. The number of imidazole rings is 1. The van der Waals surface area contributed by atoms with Crippen LogP contribution < -0.4 is 15.9 Å². The van der Waals surface area contributed by atoms with E-state index in [-0.39, 0.29) is 4.90 Å². The Labute approximate surface area is 195 Å². The van der Waals surface area contributed by atoms with Gasteiger partial charge in [0.15, 0.2) is 15.4 Å². The lowest BCUT2D eigenvalue weighted by molar-refractivity contribution is -0.148. The molecule has 182 valence electrons. The van der Waals surface area contributed by atoms with E-state index < -0.39 is 51.1 Å². The molecule has 0 aliphatic rings. The van der Waals surface area contributed by atoms with Crippen molar-refractivity contribution in [2.24, 2.45) is 7.05 Å². The van der Waals surface area contributed by atoms with E-state index in [9.17, 15) is 28.2 Å². The Morgan fingerprint density at radius 2 is 1.71 bits per heavy atom. The maximum atomic E-state index is 13.0. The van der Waals surface area contributed by atoms with Gasteiger partial charge in [0.25, 0.3) is 5.91 Å². The molecule has 2 aromatic carbocycles. The van der Waals surface area contributed by atoms with Crippen molar-refractivity contribution < 1.29 is 33.4 Å². The molecule has 4 N–H and O–H groups in total. The normalized spacial score (nSPS) is 14.2. The van der Waals surface area contributed by atoms with Crippen molar-refractivity contribution in [2.75, 3.05) is 5.75 Å². The molecule has 3 rings (SSSR count). The Morgan fingerprint density at radius 1 is 1.12 bits per heavy atom. The van der Waals surface area contributed by atoms with Crippen molar-refractivity contribution in [3.63, 3.8) is 0 Å². The number of carbonyl (C=O) groups is 1. The number of aromatic nitrogens is 2. The second kappa shape index (κ2) is 9.71. The molecule has 2 unspecified atom stereocenters. The van der Waals surface area contributed by atoms with Gasteiger partial charge in [0.1, 0.15) is 11.5 Å². The summed E-state index contributed by atoms with van der Waals surface area (Å²) >= 11 is 0. The smallest absolute Gasteiger partial charge is 0.331 e. The van der Waals surface area contributed by atoms with Gasteiger partial charge in [-0.25, -0.2) is 18.7 Å². The number of nitrogens with zero attached hydrogens (tertiary/aromatic N) is 2. The van der Waals surface area contributed by atoms with Gasteiger partial charge in [-0.05, 0) is 43.3 Å². The van der Waals surface area contributed by atoms with E-state index in [0.29, 0.717) is 11.5 Å². The number of ether oxygens (including phenoxy) is 1. The molecule has 34 heavy (non-hydrogen) atoms. The fourth-order valence-electron chi connectivity index (χ4n) is 3.61. The van der Waals surface area contributed by atoms with Crippen molar-refractivity contribution in [1.82, 2.24) is 14.6 Å². The van der Waals surface area contributed by atoms with E-state index in [2.05, 4.69) is 0 Å². The molecule has 1 heterocycles. The molecule has 12 heteroatoms. The van der Waals surface area contributed by atoms with Gasteiger partial charge in [0.2, 0.25) is 5.88 Å². The summed E-state index contributed by atoms with van der Waals surface area (Å²) in [5.41, 5.74) is -1.97. The molecule has 0 bridgehead atoms. The molecule has 0 saturated heterocycles. The first-order chi connectivity index (χ1) is 16.0. The number of para-hydroxylation sites is 1. The van der Waals surface area contributed by atoms with Crippen molar-refractivity contribution in [3.05, 3.63) is 71.3 Å². The average Bonchev–Trinajstić information content (AvgIpc) is 3.04. The number of benzene rings is 2. The van der Waals surface area contributed by atoms with Gasteiger partial charge in [-0.2, -0.15) is 0 Å². The van der Waals surface area contributed by atoms with Crippen LogP contribution in [0, 0.1) is 0 Å². The lowest BCUT2D eigenvalue weighted by Crippen LogP contribution is -2.52. The van der Waals surface area contributed by atoms with Crippen LogP contribution in [0.1, 0.15) is 19.4 Å². The van der Waals surface area contributed by atoms with Crippen LogP contribution >= 0.6 is 0 Å². The van der Waals surface area contributed by atoms with E-state index in [4.69, 9.17) is 9.94 Å². The van der Waals surface area contributed by atoms with Crippen LogP contribution in [0.4, 0.5) is 0 Å². The van der Waals surface area contributed by atoms with Crippen LogP contribution in [-0.4, -0.2) is 50.2 Å². The molecule has 0 fully saturated rings. The summed E-state index contributed by atoms with van der Waals surface area (Å²) in [6.45, 7) is 1.42. The fourth-order valence-corrected chi connectivity index (χ4v) is 5.21. The van der Waals surface area contributed by atoms with Crippen LogP contribution in [-0.2, 0) is 21.7 Å². The molecule has 11 nitrogen and oxygen atoms in total. The molecular weight excluding hydrogens is 466 g/mol. The zero-order valence-electron chi connectivity index (χ0n) is 18.5. The van der Waals surface area contributed by atoms with Crippen LogP contribution in [0.2, 0.25) is 0 Å². The molecule has 1 aromatic heterocycles. The maximum Gasteiger partial charge on any atom is 0.331 e. The summed E-state index contributed by atoms with van der Waals surface area (Å²) in [7, 11) is -2.84. The summed E-state index contributed by atoms with van der Waals surface area (Å²) in [6, 6.07) is 13.2. The summed E-state index contributed by atoms with van der Waals surface area (Å²) in [5, 5.41) is 30.1. The highest BCUT2D eigenvalue weighted by Crippen LogP contribution is 2.29. The standard InChI is InChI=1S/C22H25N3O8S/c1-15(25-19(26)13-24(2)21(25)28)12-22(29,20(27)23-30)14-34(31,32)18-10-8-17(9-11-18)33-16-6-4-3-5-7-16/h3-11,13,15,26,29-30H,12,14H2,1-2H3,(H,23,27). The van der Waals surface area contributed by atoms with E-state index in [1.165, 1.54) is 43.7 Å². The van der Waals surface area contributed by atoms with E-state index in [1.807, 2.05) is 6.07 Å². The van der Waals surface area contributed by atoms with Crippen LogP contribution in [0.5, 0.6) is 17.4 Å². The van der Waals surface area contributed by atoms with E-state index in [0.717, 1.165) is 15.3 Å². The lowest BCUT2D eigenvalue weighted by Gasteiger charge is -2.28. The largest absolute Gasteiger partial charge is 0.493 e. The quantitative estimate of drug-likeness (QED) is 0.258. The first-order valence-corrected chi connectivity index (χ1v) is 11.8. The van der Waals surface area contributed by atoms with Gasteiger partial charge >= 0.3 is 5.69 Å². The second-order valence-electron chi connectivity index (χ2n) is 7.92. The van der Waals surface area contributed by atoms with Gasteiger partial charge in [-0.1, -0.05) is 18.2 Å². The zero-order valence-corrected chi connectivity index (χ0v) is 19.3. The number of amides is 1. The number of hydrogen-bond donors (Lipinski definition) is 4. The number of aromatic hydroxyl groups is 1. The van der Waals surface area contributed by atoms with Crippen LogP contribution in [0.3, 0.4) is 0 Å². The summed E-state index contributed by atoms with van der Waals surface area (Å²) in [5.74, 6) is -1.95. The average molecular weight is 492 g/mol. The minimum absolute atomic E-state index is 0.190. The zero-order chi connectivity index (χ0) is 25.1. The predicted octanol–water partition coefficient (Wildman–Crippen LogP) is 1.35. The molecule has 2 atom stereocenters. The highest BCUT2D eigenvalue weighted by molar-refractivity contribution is 7.91. The van der Waals surface area contributed by atoms with Crippen molar-refractivity contribution in [3.8, 4) is 17.4 Å². The number of rotatable bonds is 9. The van der Waals surface area contributed by atoms with Gasteiger partial charge in [-0.15, -0.1) is 0 Å². The highest BCUT2D eigenvalue weighted by Gasteiger charge is 2.43. The van der Waals surface area contributed by atoms with Gasteiger partial charge < -0.3 is 14.9 Å². The number of nitrogens with one attached hydrogen (secondary N) is 1. The molecule has 3 aromatic rings. The van der Waals surface area contributed by atoms with Crippen molar-refractivity contribution >= 4 is 15.7 Å². The first-order valence-electron chi connectivity index (χ1n) is 10.2. The third kappa shape index (κ3) is 5.30. The molecule has 0 spiro atoms. The van der Waals surface area contributed by atoms with Crippen molar-refractivity contribution in [2.45, 2.75) is 29.9 Å². The monoisotopic (exact) mass is 491 g/mol. The predicted molar refractivity (Wildman–Crippen MR) is 121 cm³/mol. The number of sulfone groups is 1. The topological polar surface area (TPSA) is 160 Å². The summed E-state index contributed by atoms with van der Waals surface area (Å²) in [4.78, 5) is 24.3.